The summed E-state index contributed by atoms with van der Waals surface area (Å²) < 4.78 is 0. The molecule has 1 aromatic heterocycles. The smallest absolute Gasteiger partial charge is 0.249 e. The Hall–Kier alpha value is -2.28. The first kappa shape index (κ1) is 14.6. The molecule has 2 unspecified atom stereocenters. The Labute approximate surface area is 129 Å². The third-order valence-corrected chi connectivity index (χ3v) is 4.09. The summed E-state index contributed by atoms with van der Waals surface area (Å²) in [7, 11) is 0. The van der Waals surface area contributed by atoms with Crippen LogP contribution in [0.15, 0.2) is 30.3 Å². The molecule has 1 aromatic carbocycles. The van der Waals surface area contributed by atoms with Crippen LogP contribution < -0.4 is 5.73 Å². The van der Waals surface area contributed by atoms with Crippen molar-refractivity contribution in [3.05, 3.63) is 30.3 Å². The SMILES string of the molecule is CC(C(=O)N1CCC(CN)C1)n1nnc(-c2ccccc2)n1. The molecular weight excluding hydrogens is 280 g/mol. The fraction of sp³-hybridized carbons (Fsp3) is 0.467. The zero-order valence-corrected chi connectivity index (χ0v) is 12.6. The first-order valence-corrected chi connectivity index (χ1v) is 7.53. The number of tetrazole rings is 1. The summed E-state index contributed by atoms with van der Waals surface area (Å²) >= 11 is 0. The van der Waals surface area contributed by atoms with Crippen LogP contribution in [-0.4, -0.2) is 50.6 Å². The molecule has 1 saturated heterocycles. The van der Waals surface area contributed by atoms with Crippen molar-refractivity contribution in [2.45, 2.75) is 19.4 Å². The first-order chi connectivity index (χ1) is 10.7. The average molecular weight is 300 g/mol. The highest BCUT2D eigenvalue weighted by atomic mass is 16.2. The third-order valence-electron chi connectivity index (χ3n) is 4.09. The van der Waals surface area contributed by atoms with Crippen LogP contribution in [0.5, 0.6) is 0 Å². The van der Waals surface area contributed by atoms with Gasteiger partial charge in [-0.25, -0.2) is 0 Å². The molecule has 1 aliphatic rings. The molecule has 2 aromatic rings. The van der Waals surface area contributed by atoms with Crippen molar-refractivity contribution in [3.8, 4) is 11.4 Å². The topological polar surface area (TPSA) is 89.9 Å². The van der Waals surface area contributed by atoms with E-state index in [4.69, 9.17) is 5.73 Å². The van der Waals surface area contributed by atoms with Gasteiger partial charge in [0.25, 0.3) is 0 Å². The maximum Gasteiger partial charge on any atom is 0.249 e. The minimum absolute atomic E-state index is 0.0213. The van der Waals surface area contributed by atoms with Crippen molar-refractivity contribution in [2.24, 2.45) is 11.7 Å². The monoisotopic (exact) mass is 300 g/mol. The van der Waals surface area contributed by atoms with E-state index in [9.17, 15) is 4.79 Å². The summed E-state index contributed by atoms with van der Waals surface area (Å²) in [5, 5.41) is 12.4. The Morgan fingerprint density at radius 2 is 2.18 bits per heavy atom. The second-order valence-electron chi connectivity index (χ2n) is 5.65. The van der Waals surface area contributed by atoms with Gasteiger partial charge in [0.05, 0.1) is 0 Å². The normalized spacial score (nSPS) is 19.4. The van der Waals surface area contributed by atoms with Crippen molar-refractivity contribution < 1.29 is 4.79 Å². The van der Waals surface area contributed by atoms with Crippen molar-refractivity contribution in [1.82, 2.24) is 25.1 Å². The number of likely N-dealkylation sites (tertiary alicyclic amines) is 1. The van der Waals surface area contributed by atoms with Gasteiger partial charge in [-0.05, 0) is 31.0 Å². The molecule has 0 saturated carbocycles. The number of hydrogen-bond donors (Lipinski definition) is 1. The van der Waals surface area contributed by atoms with Gasteiger partial charge < -0.3 is 10.6 Å². The summed E-state index contributed by atoms with van der Waals surface area (Å²) in [6.45, 7) is 3.90. The van der Waals surface area contributed by atoms with Crippen molar-refractivity contribution in [3.63, 3.8) is 0 Å². The van der Waals surface area contributed by atoms with Crippen LogP contribution in [0.4, 0.5) is 0 Å². The lowest BCUT2D eigenvalue weighted by atomic mass is 10.1. The summed E-state index contributed by atoms with van der Waals surface area (Å²) in [6, 6.07) is 9.15. The third kappa shape index (κ3) is 2.85. The van der Waals surface area contributed by atoms with Crippen LogP contribution in [0.25, 0.3) is 11.4 Å². The van der Waals surface area contributed by atoms with Gasteiger partial charge in [0.1, 0.15) is 6.04 Å². The Balaban J connectivity index is 1.72. The fourth-order valence-corrected chi connectivity index (χ4v) is 2.68. The second kappa shape index (κ2) is 6.23. The van der Waals surface area contributed by atoms with E-state index < -0.39 is 6.04 Å². The van der Waals surface area contributed by atoms with Gasteiger partial charge in [-0.15, -0.1) is 10.2 Å². The Bertz CT molecular complexity index is 640. The second-order valence-corrected chi connectivity index (χ2v) is 5.65. The maximum absolute atomic E-state index is 12.5. The Kier molecular flexibility index (Phi) is 4.15. The highest BCUT2D eigenvalue weighted by Crippen LogP contribution is 2.19. The standard InChI is InChI=1S/C15H20N6O/c1-11(15(22)20-8-7-12(9-16)10-20)21-18-14(17-19-21)13-5-3-2-4-6-13/h2-6,11-12H,7-10,16H2,1H3. The molecule has 1 amide bonds. The summed E-state index contributed by atoms with van der Waals surface area (Å²) in [4.78, 5) is 15.7. The molecule has 2 heterocycles. The number of amides is 1. The van der Waals surface area contributed by atoms with E-state index in [0.29, 0.717) is 18.3 Å². The van der Waals surface area contributed by atoms with E-state index in [1.165, 1.54) is 4.80 Å². The lowest BCUT2D eigenvalue weighted by Gasteiger charge is -2.19. The number of carbonyl (C=O) groups is 1. The van der Waals surface area contributed by atoms with Gasteiger partial charge >= 0.3 is 0 Å². The average Bonchev–Trinajstić information content (AvgIpc) is 3.23. The Morgan fingerprint density at radius 1 is 1.41 bits per heavy atom. The van der Waals surface area contributed by atoms with Crippen LogP contribution in [0.1, 0.15) is 19.4 Å². The molecule has 2 atom stereocenters. The molecule has 7 nitrogen and oxygen atoms in total. The van der Waals surface area contributed by atoms with E-state index in [0.717, 1.165) is 25.1 Å². The van der Waals surface area contributed by atoms with E-state index in [1.54, 1.807) is 6.92 Å². The van der Waals surface area contributed by atoms with Crippen LogP contribution in [0, 0.1) is 5.92 Å². The first-order valence-electron chi connectivity index (χ1n) is 7.53. The fourth-order valence-electron chi connectivity index (χ4n) is 2.68. The van der Waals surface area contributed by atoms with Gasteiger partial charge in [-0.2, -0.15) is 4.80 Å². The predicted octanol–water partition coefficient (Wildman–Crippen LogP) is 0.708. The van der Waals surface area contributed by atoms with E-state index in [-0.39, 0.29) is 5.91 Å². The number of carbonyl (C=O) groups excluding carboxylic acids is 1. The number of rotatable bonds is 4. The molecule has 3 rings (SSSR count). The number of hydrogen-bond acceptors (Lipinski definition) is 5. The maximum atomic E-state index is 12.5. The van der Waals surface area contributed by atoms with Gasteiger partial charge in [0.2, 0.25) is 11.7 Å². The lowest BCUT2D eigenvalue weighted by molar-refractivity contribution is -0.134. The van der Waals surface area contributed by atoms with Crippen molar-refractivity contribution in [2.75, 3.05) is 19.6 Å². The number of nitrogens with two attached hydrogens (primary N) is 1. The number of nitrogens with zero attached hydrogens (tertiary/aromatic N) is 5. The van der Waals surface area contributed by atoms with E-state index >= 15 is 0 Å². The van der Waals surface area contributed by atoms with Crippen LogP contribution in [0.3, 0.4) is 0 Å². The van der Waals surface area contributed by atoms with Gasteiger partial charge in [-0.1, -0.05) is 30.3 Å². The molecule has 1 fully saturated rings. The van der Waals surface area contributed by atoms with Gasteiger partial charge in [0.15, 0.2) is 0 Å². The summed E-state index contributed by atoms with van der Waals surface area (Å²) in [6.07, 6.45) is 0.967. The highest BCUT2D eigenvalue weighted by Gasteiger charge is 2.30. The molecule has 0 bridgehead atoms. The van der Waals surface area contributed by atoms with E-state index in [2.05, 4.69) is 15.4 Å². The van der Waals surface area contributed by atoms with Crippen LogP contribution in [0.2, 0.25) is 0 Å². The van der Waals surface area contributed by atoms with E-state index in [1.807, 2.05) is 35.2 Å². The summed E-state index contributed by atoms with van der Waals surface area (Å²) in [5.74, 6) is 0.953. The van der Waals surface area contributed by atoms with Gasteiger partial charge in [-0.3, -0.25) is 4.79 Å². The highest BCUT2D eigenvalue weighted by molar-refractivity contribution is 5.80. The molecule has 1 aliphatic heterocycles. The summed E-state index contributed by atoms with van der Waals surface area (Å²) in [5.41, 5.74) is 6.56. The minimum Gasteiger partial charge on any atom is -0.340 e. The zero-order chi connectivity index (χ0) is 15.5. The van der Waals surface area contributed by atoms with Crippen LogP contribution >= 0.6 is 0 Å². The molecule has 7 heteroatoms. The van der Waals surface area contributed by atoms with Crippen molar-refractivity contribution >= 4 is 5.91 Å². The molecule has 2 N–H and O–H groups in total. The number of aromatic nitrogens is 4. The minimum atomic E-state index is -0.457. The molecular formula is C15H20N6O. The lowest BCUT2D eigenvalue weighted by Crippen LogP contribution is -2.36. The molecule has 22 heavy (non-hydrogen) atoms. The number of benzene rings is 1. The van der Waals surface area contributed by atoms with Gasteiger partial charge in [0, 0.05) is 18.7 Å². The Morgan fingerprint density at radius 3 is 2.86 bits per heavy atom. The van der Waals surface area contributed by atoms with Crippen LogP contribution in [-0.2, 0) is 4.79 Å². The zero-order valence-electron chi connectivity index (χ0n) is 12.6. The quantitative estimate of drug-likeness (QED) is 0.898. The molecule has 116 valence electrons. The molecule has 0 aliphatic carbocycles. The predicted molar refractivity (Wildman–Crippen MR) is 81.7 cm³/mol. The molecule has 0 radical (unpaired) electrons. The molecule has 0 spiro atoms. The van der Waals surface area contributed by atoms with Crippen molar-refractivity contribution in [1.29, 1.82) is 0 Å². The largest absolute Gasteiger partial charge is 0.340 e.